The van der Waals surface area contributed by atoms with Crippen LogP contribution < -0.4 is 0 Å². The van der Waals surface area contributed by atoms with Gasteiger partial charge in [0, 0.05) is 6.54 Å². The molecule has 0 aromatic carbocycles. The Kier molecular flexibility index (Phi) is 3.43. The van der Waals surface area contributed by atoms with Crippen LogP contribution in [-0.4, -0.2) is 31.6 Å². The summed E-state index contributed by atoms with van der Waals surface area (Å²) < 4.78 is 5.13. The Balaban J connectivity index is 2.33. The van der Waals surface area contributed by atoms with E-state index in [0.29, 0.717) is 0 Å². The summed E-state index contributed by atoms with van der Waals surface area (Å²) in [6.45, 7) is 5.47. The molecular weight excluding hydrogens is 138 g/mol. The predicted octanol–water partition coefficient (Wildman–Crippen LogP) is 1.44. The molecule has 2 heteroatoms. The Hall–Kier alpha value is -0.500. The first-order valence-electron chi connectivity index (χ1n) is 4.23. The molecule has 0 saturated heterocycles. The minimum absolute atomic E-state index is 0.949. The molecule has 1 aliphatic heterocycles. The number of hydrogen-bond donors (Lipinski definition) is 0. The van der Waals surface area contributed by atoms with Crippen molar-refractivity contribution in [1.82, 2.24) is 4.90 Å². The first-order valence-corrected chi connectivity index (χ1v) is 4.23. The first kappa shape index (κ1) is 8.60. The average Bonchev–Trinajstić information content (AvgIpc) is 2.06. The average molecular weight is 154 g/mol. The molecular formula is C9H16NO. The predicted molar refractivity (Wildman–Crippen MR) is 45.1 cm³/mol. The van der Waals surface area contributed by atoms with Crippen molar-refractivity contribution in [2.24, 2.45) is 0 Å². The monoisotopic (exact) mass is 154 g/mol. The Labute approximate surface area is 68.8 Å². The zero-order valence-electron chi connectivity index (χ0n) is 7.39. The van der Waals surface area contributed by atoms with Gasteiger partial charge in [-0.25, -0.2) is 0 Å². The molecule has 0 saturated carbocycles. The molecule has 0 N–H and O–H groups in total. The SMILES string of the molecule is CCCN1CC[C]=C(OC)C1. The normalized spacial score (nSPS) is 19.6. The summed E-state index contributed by atoms with van der Waals surface area (Å²) in [6, 6.07) is 0. The second-order valence-electron chi connectivity index (χ2n) is 2.83. The fourth-order valence-electron chi connectivity index (χ4n) is 1.34. The van der Waals surface area contributed by atoms with Gasteiger partial charge in [-0.05, 0) is 25.5 Å². The maximum absolute atomic E-state index is 5.13. The molecule has 0 aromatic rings. The molecule has 11 heavy (non-hydrogen) atoms. The summed E-state index contributed by atoms with van der Waals surface area (Å²) >= 11 is 0. The van der Waals surface area contributed by atoms with Crippen molar-refractivity contribution in [3.63, 3.8) is 0 Å². The van der Waals surface area contributed by atoms with Crippen LogP contribution in [0, 0.1) is 6.08 Å². The Morgan fingerprint density at radius 2 is 2.45 bits per heavy atom. The zero-order valence-corrected chi connectivity index (χ0v) is 7.39. The van der Waals surface area contributed by atoms with Crippen LogP contribution in [0.25, 0.3) is 0 Å². The molecule has 1 rings (SSSR count). The van der Waals surface area contributed by atoms with E-state index in [1.54, 1.807) is 7.11 Å². The molecule has 0 unspecified atom stereocenters. The third-order valence-corrected chi connectivity index (χ3v) is 1.90. The van der Waals surface area contributed by atoms with Gasteiger partial charge in [-0.1, -0.05) is 6.92 Å². The lowest BCUT2D eigenvalue weighted by Gasteiger charge is -2.25. The van der Waals surface area contributed by atoms with Crippen LogP contribution in [0.1, 0.15) is 19.8 Å². The maximum atomic E-state index is 5.13. The van der Waals surface area contributed by atoms with Crippen LogP contribution in [0.5, 0.6) is 0 Å². The largest absolute Gasteiger partial charge is 0.499 e. The van der Waals surface area contributed by atoms with E-state index < -0.39 is 0 Å². The molecule has 1 radical (unpaired) electrons. The molecule has 2 nitrogen and oxygen atoms in total. The van der Waals surface area contributed by atoms with E-state index in [0.717, 1.165) is 25.3 Å². The van der Waals surface area contributed by atoms with E-state index in [1.807, 2.05) is 0 Å². The van der Waals surface area contributed by atoms with Crippen LogP contribution in [0.15, 0.2) is 5.76 Å². The highest BCUT2D eigenvalue weighted by Gasteiger charge is 2.11. The third kappa shape index (κ3) is 2.54. The lowest BCUT2D eigenvalue weighted by molar-refractivity contribution is 0.195. The molecule has 0 aliphatic carbocycles. The standard InChI is InChI=1S/C9H16NO/c1-3-6-10-7-4-5-9(8-10)11-2/h3-4,6-8H2,1-2H3. The van der Waals surface area contributed by atoms with Crippen LogP contribution in [-0.2, 0) is 4.74 Å². The van der Waals surface area contributed by atoms with Gasteiger partial charge in [0.1, 0.15) is 5.76 Å². The van der Waals surface area contributed by atoms with Crippen molar-refractivity contribution >= 4 is 0 Å². The second-order valence-corrected chi connectivity index (χ2v) is 2.83. The van der Waals surface area contributed by atoms with Crippen molar-refractivity contribution in [2.75, 3.05) is 26.7 Å². The molecule has 0 aromatic heterocycles. The van der Waals surface area contributed by atoms with Crippen molar-refractivity contribution < 1.29 is 4.74 Å². The fraction of sp³-hybridized carbons (Fsp3) is 0.778. The number of nitrogens with zero attached hydrogens (tertiary/aromatic N) is 1. The second kappa shape index (κ2) is 4.39. The summed E-state index contributed by atoms with van der Waals surface area (Å²) in [7, 11) is 1.72. The summed E-state index contributed by atoms with van der Waals surface area (Å²) in [6.07, 6.45) is 5.45. The smallest absolute Gasteiger partial charge is 0.113 e. The highest BCUT2D eigenvalue weighted by molar-refractivity contribution is 4.94. The van der Waals surface area contributed by atoms with Crippen LogP contribution in [0.4, 0.5) is 0 Å². The topological polar surface area (TPSA) is 12.5 Å². The molecule has 0 atom stereocenters. The number of rotatable bonds is 3. The van der Waals surface area contributed by atoms with Gasteiger partial charge in [0.2, 0.25) is 0 Å². The van der Waals surface area contributed by atoms with Crippen molar-refractivity contribution in [3.05, 3.63) is 11.8 Å². The number of ether oxygens (including phenoxy) is 1. The maximum Gasteiger partial charge on any atom is 0.113 e. The van der Waals surface area contributed by atoms with Gasteiger partial charge in [-0.3, -0.25) is 4.90 Å². The Morgan fingerprint density at radius 1 is 1.64 bits per heavy atom. The van der Waals surface area contributed by atoms with E-state index in [9.17, 15) is 0 Å². The quantitative estimate of drug-likeness (QED) is 0.610. The van der Waals surface area contributed by atoms with E-state index in [2.05, 4.69) is 17.9 Å². The molecule has 1 aliphatic rings. The highest BCUT2D eigenvalue weighted by atomic mass is 16.5. The summed E-state index contributed by atoms with van der Waals surface area (Å²) in [5, 5.41) is 0. The van der Waals surface area contributed by atoms with Gasteiger partial charge in [-0.2, -0.15) is 0 Å². The molecule has 0 fully saturated rings. The Morgan fingerprint density at radius 3 is 3.09 bits per heavy atom. The van der Waals surface area contributed by atoms with Gasteiger partial charge < -0.3 is 4.74 Å². The highest BCUT2D eigenvalue weighted by Crippen LogP contribution is 2.08. The van der Waals surface area contributed by atoms with Gasteiger partial charge in [0.05, 0.1) is 13.7 Å². The van der Waals surface area contributed by atoms with Crippen molar-refractivity contribution in [1.29, 1.82) is 0 Å². The van der Waals surface area contributed by atoms with Crippen molar-refractivity contribution in [2.45, 2.75) is 19.8 Å². The fourth-order valence-corrected chi connectivity index (χ4v) is 1.34. The van der Waals surface area contributed by atoms with E-state index in [-0.39, 0.29) is 0 Å². The number of methoxy groups -OCH3 is 1. The zero-order chi connectivity index (χ0) is 8.10. The van der Waals surface area contributed by atoms with Crippen LogP contribution in [0.2, 0.25) is 0 Å². The number of hydrogen-bond acceptors (Lipinski definition) is 2. The molecule has 63 valence electrons. The molecule has 0 spiro atoms. The summed E-state index contributed by atoms with van der Waals surface area (Å²) in [5.41, 5.74) is 0. The minimum atomic E-state index is 0.949. The van der Waals surface area contributed by atoms with Gasteiger partial charge in [0.15, 0.2) is 0 Å². The molecule has 1 heterocycles. The third-order valence-electron chi connectivity index (χ3n) is 1.90. The first-order chi connectivity index (χ1) is 5.36. The van der Waals surface area contributed by atoms with Crippen LogP contribution >= 0.6 is 0 Å². The van der Waals surface area contributed by atoms with Crippen molar-refractivity contribution in [3.8, 4) is 0 Å². The van der Waals surface area contributed by atoms with Gasteiger partial charge in [-0.15, -0.1) is 0 Å². The summed E-state index contributed by atoms with van der Waals surface area (Å²) in [4.78, 5) is 2.40. The molecule has 0 bridgehead atoms. The van der Waals surface area contributed by atoms with Crippen LogP contribution in [0.3, 0.4) is 0 Å². The summed E-state index contributed by atoms with van der Waals surface area (Å²) in [5.74, 6) is 1.00. The minimum Gasteiger partial charge on any atom is -0.499 e. The molecule has 0 amide bonds. The van der Waals surface area contributed by atoms with E-state index in [4.69, 9.17) is 4.74 Å². The lowest BCUT2D eigenvalue weighted by Crippen LogP contribution is -2.31. The van der Waals surface area contributed by atoms with Gasteiger partial charge in [0.25, 0.3) is 0 Å². The lowest BCUT2D eigenvalue weighted by atomic mass is 10.2. The van der Waals surface area contributed by atoms with E-state index in [1.165, 1.54) is 13.0 Å². The van der Waals surface area contributed by atoms with Gasteiger partial charge >= 0.3 is 0 Å². The van der Waals surface area contributed by atoms with E-state index >= 15 is 0 Å². The Bertz CT molecular complexity index is 142.